The maximum atomic E-state index is 12.0. The van der Waals surface area contributed by atoms with E-state index >= 15 is 0 Å². The third-order valence-electron chi connectivity index (χ3n) is 3.99. The summed E-state index contributed by atoms with van der Waals surface area (Å²) in [5.41, 5.74) is 7.95. The topological polar surface area (TPSA) is 64.3 Å². The first-order chi connectivity index (χ1) is 10.0. The van der Waals surface area contributed by atoms with E-state index < -0.39 is 0 Å². The molecule has 0 aliphatic heterocycles. The molecule has 0 heterocycles. The van der Waals surface area contributed by atoms with Crippen molar-refractivity contribution in [2.24, 2.45) is 11.7 Å². The Labute approximate surface area is 139 Å². The molecular weight excluding hydrogens is 300 g/mol. The van der Waals surface area contributed by atoms with Crippen molar-refractivity contribution in [2.75, 3.05) is 5.32 Å². The molecule has 124 valence electrons. The highest BCUT2D eigenvalue weighted by molar-refractivity contribution is 5.90. The van der Waals surface area contributed by atoms with Crippen LogP contribution in [0.25, 0.3) is 0 Å². The zero-order valence-corrected chi connectivity index (χ0v) is 14.2. The Morgan fingerprint density at radius 2 is 2.00 bits per heavy atom. The molecule has 2 atom stereocenters. The van der Waals surface area contributed by atoms with Crippen LogP contribution in [0.1, 0.15) is 45.1 Å². The van der Waals surface area contributed by atoms with E-state index in [0.29, 0.717) is 18.9 Å². The molecule has 1 saturated carbocycles. The first-order valence-corrected chi connectivity index (χ1v) is 7.80. The maximum Gasteiger partial charge on any atom is 0.224 e. The molecule has 0 radical (unpaired) electrons. The second kappa shape index (κ2) is 9.13. The summed E-state index contributed by atoms with van der Waals surface area (Å²) in [6.45, 7) is 4.63. The lowest BCUT2D eigenvalue weighted by atomic mass is 10.00. The molecule has 3 N–H and O–H groups in total. The molecule has 1 aromatic rings. The summed E-state index contributed by atoms with van der Waals surface area (Å²) in [4.78, 5) is 12.0. The van der Waals surface area contributed by atoms with Gasteiger partial charge in [0, 0.05) is 18.2 Å². The molecule has 2 rings (SSSR count). The van der Waals surface area contributed by atoms with Crippen molar-refractivity contribution in [1.82, 2.24) is 0 Å². The van der Waals surface area contributed by atoms with Gasteiger partial charge in [-0.25, -0.2) is 0 Å². The lowest BCUT2D eigenvalue weighted by Gasteiger charge is -2.15. The van der Waals surface area contributed by atoms with E-state index in [0.717, 1.165) is 30.5 Å². The number of anilines is 1. The minimum absolute atomic E-state index is 0. The third kappa shape index (κ3) is 5.95. The first-order valence-electron chi connectivity index (χ1n) is 7.80. The Bertz CT molecular complexity index is 462. The van der Waals surface area contributed by atoms with Crippen LogP contribution < -0.4 is 11.1 Å². The van der Waals surface area contributed by atoms with E-state index in [4.69, 9.17) is 10.5 Å². The number of nitrogens with one attached hydrogen (secondary N) is 1. The van der Waals surface area contributed by atoms with Gasteiger partial charge < -0.3 is 15.8 Å². The molecule has 1 aromatic carbocycles. The maximum absolute atomic E-state index is 12.0. The van der Waals surface area contributed by atoms with Gasteiger partial charge in [-0.15, -0.1) is 12.4 Å². The fraction of sp³-hybridized carbons (Fsp3) is 0.588. The van der Waals surface area contributed by atoms with Crippen LogP contribution in [-0.4, -0.2) is 18.1 Å². The molecular formula is C17H27ClN2O2. The minimum Gasteiger partial charge on any atom is -0.374 e. The summed E-state index contributed by atoms with van der Waals surface area (Å²) in [5.74, 6) is 0.396. The summed E-state index contributed by atoms with van der Waals surface area (Å²) in [5, 5.41) is 2.95. The lowest BCUT2D eigenvalue weighted by Crippen LogP contribution is -2.28. The molecule has 0 unspecified atom stereocenters. The second-order valence-corrected chi connectivity index (χ2v) is 6.16. The van der Waals surface area contributed by atoms with E-state index in [-0.39, 0.29) is 30.5 Å². The van der Waals surface area contributed by atoms with E-state index in [1.165, 1.54) is 0 Å². The van der Waals surface area contributed by atoms with Gasteiger partial charge in [0.05, 0.1) is 12.7 Å². The van der Waals surface area contributed by atoms with Gasteiger partial charge in [0.25, 0.3) is 0 Å². The van der Waals surface area contributed by atoms with E-state index in [2.05, 4.69) is 5.32 Å². The van der Waals surface area contributed by atoms with E-state index in [1.54, 1.807) is 0 Å². The number of hydrogen-bond donors (Lipinski definition) is 2. The van der Waals surface area contributed by atoms with Gasteiger partial charge in [-0.2, -0.15) is 0 Å². The number of amides is 1. The number of hydrogen-bond acceptors (Lipinski definition) is 3. The smallest absolute Gasteiger partial charge is 0.224 e. The van der Waals surface area contributed by atoms with Crippen molar-refractivity contribution in [3.8, 4) is 0 Å². The molecule has 0 bridgehead atoms. The molecule has 0 aromatic heterocycles. The molecule has 5 heteroatoms. The average Bonchev–Trinajstić information content (AvgIpc) is 2.83. The highest BCUT2D eigenvalue weighted by atomic mass is 35.5. The standard InChI is InChI=1S/C17H26N2O2.ClH/c1-12(2)21-11-13-6-8-15(9-7-13)19-17(20)10-14-4-3-5-16(14)18;/h6-9,12,14,16H,3-5,10-11,18H2,1-2H3,(H,19,20);1H/t14-,16+;/m0./s1. The van der Waals surface area contributed by atoms with Crippen LogP contribution in [0.4, 0.5) is 5.69 Å². The van der Waals surface area contributed by atoms with Crippen molar-refractivity contribution in [2.45, 2.75) is 58.3 Å². The van der Waals surface area contributed by atoms with Crippen LogP contribution in [0, 0.1) is 5.92 Å². The highest BCUT2D eigenvalue weighted by Crippen LogP contribution is 2.27. The van der Waals surface area contributed by atoms with Gasteiger partial charge in [0.15, 0.2) is 0 Å². The number of benzene rings is 1. The number of halogens is 1. The van der Waals surface area contributed by atoms with Gasteiger partial charge in [-0.3, -0.25) is 4.79 Å². The summed E-state index contributed by atoms with van der Waals surface area (Å²) in [6, 6.07) is 8.00. The Hall–Kier alpha value is -1.10. The Morgan fingerprint density at radius 1 is 1.32 bits per heavy atom. The van der Waals surface area contributed by atoms with Crippen molar-refractivity contribution in [1.29, 1.82) is 0 Å². The third-order valence-corrected chi connectivity index (χ3v) is 3.99. The minimum atomic E-state index is 0. The van der Waals surface area contributed by atoms with Crippen molar-refractivity contribution in [3.05, 3.63) is 29.8 Å². The quantitative estimate of drug-likeness (QED) is 0.841. The van der Waals surface area contributed by atoms with Crippen LogP contribution in [0.5, 0.6) is 0 Å². The molecule has 1 aliphatic rings. The molecule has 1 amide bonds. The molecule has 1 fully saturated rings. The van der Waals surface area contributed by atoms with Gasteiger partial charge >= 0.3 is 0 Å². The van der Waals surface area contributed by atoms with Crippen LogP contribution in [0.15, 0.2) is 24.3 Å². The zero-order valence-electron chi connectivity index (χ0n) is 13.4. The van der Waals surface area contributed by atoms with Crippen LogP contribution in [0.3, 0.4) is 0 Å². The molecule has 0 saturated heterocycles. The predicted molar refractivity (Wildman–Crippen MR) is 92.2 cm³/mol. The van der Waals surface area contributed by atoms with Gasteiger partial charge in [0.2, 0.25) is 5.91 Å². The summed E-state index contributed by atoms with van der Waals surface area (Å²) in [6.07, 6.45) is 4.01. The van der Waals surface area contributed by atoms with E-state index in [1.807, 2.05) is 38.1 Å². The number of nitrogens with two attached hydrogens (primary N) is 1. The van der Waals surface area contributed by atoms with Gasteiger partial charge in [-0.1, -0.05) is 18.6 Å². The number of ether oxygens (including phenoxy) is 1. The number of carbonyl (C=O) groups is 1. The predicted octanol–water partition coefficient (Wildman–Crippen LogP) is 3.49. The van der Waals surface area contributed by atoms with Gasteiger partial charge in [0.1, 0.15) is 0 Å². The second-order valence-electron chi connectivity index (χ2n) is 6.16. The zero-order chi connectivity index (χ0) is 15.2. The van der Waals surface area contributed by atoms with Crippen LogP contribution in [-0.2, 0) is 16.1 Å². The summed E-state index contributed by atoms with van der Waals surface area (Å²) >= 11 is 0. The normalized spacial score (nSPS) is 20.7. The fourth-order valence-electron chi connectivity index (χ4n) is 2.72. The molecule has 1 aliphatic carbocycles. The van der Waals surface area contributed by atoms with Crippen molar-refractivity contribution >= 4 is 24.0 Å². The summed E-state index contributed by atoms with van der Waals surface area (Å²) < 4.78 is 5.55. The van der Waals surface area contributed by atoms with Gasteiger partial charge in [-0.05, 0) is 50.3 Å². The molecule has 22 heavy (non-hydrogen) atoms. The summed E-state index contributed by atoms with van der Waals surface area (Å²) in [7, 11) is 0. The van der Waals surface area contributed by atoms with Crippen LogP contribution in [0.2, 0.25) is 0 Å². The lowest BCUT2D eigenvalue weighted by molar-refractivity contribution is -0.117. The molecule has 0 spiro atoms. The van der Waals surface area contributed by atoms with E-state index in [9.17, 15) is 4.79 Å². The largest absolute Gasteiger partial charge is 0.374 e. The monoisotopic (exact) mass is 326 g/mol. The average molecular weight is 327 g/mol. The molecule has 4 nitrogen and oxygen atoms in total. The Balaban J connectivity index is 0.00000242. The first kappa shape index (κ1) is 18.9. The number of carbonyl (C=O) groups excluding carboxylic acids is 1. The number of rotatable bonds is 6. The highest BCUT2D eigenvalue weighted by Gasteiger charge is 2.25. The fourth-order valence-corrected chi connectivity index (χ4v) is 2.72. The van der Waals surface area contributed by atoms with Crippen LogP contribution >= 0.6 is 12.4 Å². The SMILES string of the molecule is CC(C)OCc1ccc(NC(=O)C[C@@H]2CCC[C@H]2N)cc1.Cl. The van der Waals surface area contributed by atoms with Crippen molar-refractivity contribution in [3.63, 3.8) is 0 Å². The Kier molecular flexibility index (Phi) is 7.87. The Morgan fingerprint density at radius 3 is 2.55 bits per heavy atom. The van der Waals surface area contributed by atoms with Crippen molar-refractivity contribution < 1.29 is 9.53 Å².